The van der Waals surface area contributed by atoms with Gasteiger partial charge in [-0.25, -0.2) is 9.97 Å². The third-order valence-corrected chi connectivity index (χ3v) is 2.97. The molecule has 2 aromatic rings. The van der Waals surface area contributed by atoms with E-state index in [-0.39, 0.29) is 0 Å². The second-order valence-electron chi connectivity index (χ2n) is 4.33. The summed E-state index contributed by atoms with van der Waals surface area (Å²) in [6.45, 7) is 0. The number of hydrogen-bond donors (Lipinski definition) is 1. The van der Waals surface area contributed by atoms with Crippen LogP contribution in [0.1, 0.15) is 18.4 Å². The number of aromatic nitrogens is 2. The zero-order valence-corrected chi connectivity index (χ0v) is 10.3. The first kappa shape index (κ1) is 11.4. The highest BCUT2D eigenvalue weighted by atomic mass is 15.0. The van der Waals surface area contributed by atoms with Crippen LogP contribution in [0.5, 0.6) is 0 Å². The quantitative estimate of drug-likeness (QED) is 0.873. The van der Waals surface area contributed by atoms with Gasteiger partial charge < -0.3 is 5.32 Å². The van der Waals surface area contributed by atoms with E-state index in [1.807, 2.05) is 12.1 Å². The SMILES string of the molecule is N#Cc1ccc(Nc2ccc3c(n2)=CCCC=3)nc1. The van der Waals surface area contributed by atoms with Crippen molar-refractivity contribution in [2.75, 3.05) is 5.32 Å². The predicted octanol–water partition coefficient (Wildman–Crippen LogP) is 1.45. The number of nitriles is 1. The second-order valence-corrected chi connectivity index (χ2v) is 4.33. The molecule has 2 heterocycles. The molecule has 0 saturated heterocycles. The molecule has 0 atom stereocenters. The maximum atomic E-state index is 8.72. The lowest BCUT2D eigenvalue weighted by Gasteiger charge is -2.06. The topological polar surface area (TPSA) is 61.6 Å². The summed E-state index contributed by atoms with van der Waals surface area (Å²) in [6.07, 6.45) is 8.01. The van der Waals surface area contributed by atoms with E-state index in [1.165, 1.54) is 5.22 Å². The zero-order valence-electron chi connectivity index (χ0n) is 10.3. The Kier molecular flexibility index (Phi) is 2.95. The maximum Gasteiger partial charge on any atom is 0.132 e. The standard InChI is InChI=1S/C15H12N4/c16-9-11-5-7-14(17-10-11)19-15-8-6-12-3-1-2-4-13(12)18-15/h3-8,10H,1-2H2,(H,17,18,19). The molecule has 1 aliphatic carbocycles. The number of nitrogens with one attached hydrogen (secondary N) is 1. The summed E-state index contributed by atoms with van der Waals surface area (Å²) in [6, 6.07) is 9.55. The van der Waals surface area contributed by atoms with E-state index in [0.29, 0.717) is 11.4 Å². The Bertz CT molecular complexity index is 754. The van der Waals surface area contributed by atoms with Crippen LogP contribution in [0.3, 0.4) is 0 Å². The molecule has 0 aliphatic heterocycles. The van der Waals surface area contributed by atoms with Gasteiger partial charge in [-0.15, -0.1) is 0 Å². The summed E-state index contributed by atoms with van der Waals surface area (Å²) in [4.78, 5) is 8.71. The molecule has 2 aromatic heterocycles. The van der Waals surface area contributed by atoms with Gasteiger partial charge in [-0.1, -0.05) is 12.2 Å². The van der Waals surface area contributed by atoms with Crippen molar-refractivity contribution in [1.29, 1.82) is 5.26 Å². The molecule has 0 aromatic carbocycles. The summed E-state index contributed by atoms with van der Waals surface area (Å²) < 4.78 is 0. The van der Waals surface area contributed by atoms with Crippen molar-refractivity contribution in [3.63, 3.8) is 0 Å². The molecule has 92 valence electrons. The van der Waals surface area contributed by atoms with Crippen molar-refractivity contribution in [2.45, 2.75) is 12.8 Å². The van der Waals surface area contributed by atoms with Gasteiger partial charge in [0.1, 0.15) is 17.7 Å². The Morgan fingerprint density at radius 3 is 2.68 bits per heavy atom. The number of fused-ring (bicyclic) bond motifs is 1. The molecule has 0 spiro atoms. The van der Waals surface area contributed by atoms with Crippen LogP contribution in [-0.4, -0.2) is 9.97 Å². The van der Waals surface area contributed by atoms with Gasteiger partial charge in [0, 0.05) is 6.20 Å². The number of hydrogen-bond acceptors (Lipinski definition) is 4. The second kappa shape index (κ2) is 4.91. The monoisotopic (exact) mass is 248 g/mol. The first-order valence-electron chi connectivity index (χ1n) is 6.16. The van der Waals surface area contributed by atoms with Crippen molar-refractivity contribution in [3.05, 3.63) is 46.6 Å². The molecule has 0 unspecified atom stereocenters. The highest BCUT2D eigenvalue weighted by Gasteiger charge is 2.00. The summed E-state index contributed by atoms with van der Waals surface area (Å²) in [5.74, 6) is 1.45. The molecule has 0 radical (unpaired) electrons. The lowest BCUT2D eigenvalue weighted by atomic mass is 10.1. The van der Waals surface area contributed by atoms with Gasteiger partial charge in [0.05, 0.1) is 10.9 Å². The van der Waals surface area contributed by atoms with Gasteiger partial charge in [0.2, 0.25) is 0 Å². The van der Waals surface area contributed by atoms with E-state index in [2.05, 4.69) is 33.5 Å². The maximum absolute atomic E-state index is 8.72. The minimum absolute atomic E-state index is 0.548. The minimum Gasteiger partial charge on any atom is -0.325 e. The molecular formula is C15H12N4. The Hall–Kier alpha value is -2.67. The highest BCUT2D eigenvalue weighted by molar-refractivity contribution is 5.53. The van der Waals surface area contributed by atoms with Gasteiger partial charge in [0.15, 0.2) is 0 Å². The summed E-state index contributed by atoms with van der Waals surface area (Å²) in [5, 5.41) is 14.1. The predicted molar refractivity (Wildman–Crippen MR) is 73.9 cm³/mol. The van der Waals surface area contributed by atoms with Gasteiger partial charge in [-0.2, -0.15) is 5.26 Å². The van der Waals surface area contributed by atoms with Crippen molar-refractivity contribution in [3.8, 4) is 6.07 Å². The van der Waals surface area contributed by atoms with E-state index in [9.17, 15) is 0 Å². The highest BCUT2D eigenvalue weighted by Crippen LogP contribution is 2.10. The van der Waals surface area contributed by atoms with Crippen LogP contribution in [0.25, 0.3) is 12.2 Å². The molecule has 0 bridgehead atoms. The molecule has 0 saturated carbocycles. The Morgan fingerprint density at radius 1 is 1.05 bits per heavy atom. The van der Waals surface area contributed by atoms with E-state index in [1.54, 1.807) is 18.3 Å². The number of anilines is 2. The summed E-state index contributed by atoms with van der Waals surface area (Å²) >= 11 is 0. The normalized spacial score (nSPS) is 12.6. The Labute approximate surface area is 110 Å². The molecule has 0 fully saturated rings. The van der Waals surface area contributed by atoms with Crippen LogP contribution in [0.2, 0.25) is 0 Å². The fourth-order valence-electron chi connectivity index (χ4n) is 2.02. The largest absolute Gasteiger partial charge is 0.325 e. The number of pyridine rings is 2. The van der Waals surface area contributed by atoms with Crippen molar-refractivity contribution in [1.82, 2.24) is 9.97 Å². The summed E-state index contributed by atoms with van der Waals surface area (Å²) in [7, 11) is 0. The lowest BCUT2D eigenvalue weighted by Crippen LogP contribution is -2.30. The first-order valence-corrected chi connectivity index (χ1v) is 6.16. The van der Waals surface area contributed by atoms with Crippen molar-refractivity contribution < 1.29 is 0 Å². The van der Waals surface area contributed by atoms with Gasteiger partial charge >= 0.3 is 0 Å². The van der Waals surface area contributed by atoms with Gasteiger partial charge in [-0.05, 0) is 42.3 Å². The van der Waals surface area contributed by atoms with Crippen molar-refractivity contribution in [2.24, 2.45) is 0 Å². The number of rotatable bonds is 2. The molecule has 19 heavy (non-hydrogen) atoms. The lowest BCUT2D eigenvalue weighted by molar-refractivity contribution is 1.08. The van der Waals surface area contributed by atoms with Crippen LogP contribution in [-0.2, 0) is 0 Å². The fraction of sp³-hybridized carbons (Fsp3) is 0.133. The van der Waals surface area contributed by atoms with Crippen LogP contribution in [0, 0.1) is 11.3 Å². The average Bonchev–Trinajstić information content (AvgIpc) is 2.48. The molecule has 1 N–H and O–H groups in total. The smallest absolute Gasteiger partial charge is 0.132 e. The van der Waals surface area contributed by atoms with Gasteiger partial charge in [-0.3, -0.25) is 0 Å². The Morgan fingerprint density at radius 2 is 1.89 bits per heavy atom. The molecular weight excluding hydrogens is 236 g/mol. The van der Waals surface area contributed by atoms with E-state index >= 15 is 0 Å². The molecule has 3 rings (SSSR count). The van der Waals surface area contributed by atoms with Crippen LogP contribution < -0.4 is 15.9 Å². The third-order valence-electron chi connectivity index (χ3n) is 2.97. The zero-order chi connectivity index (χ0) is 13.1. The van der Waals surface area contributed by atoms with E-state index in [4.69, 9.17) is 5.26 Å². The third kappa shape index (κ3) is 2.45. The van der Waals surface area contributed by atoms with Crippen molar-refractivity contribution >= 4 is 23.8 Å². The molecule has 1 aliphatic rings. The van der Waals surface area contributed by atoms with E-state index < -0.39 is 0 Å². The first-order chi connectivity index (χ1) is 9.35. The number of nitrogens with zero attached hydrogens (tertiary/aromatic N) is 3. The summed E-state index contributed by atoms with van der Waals surface area (Å²) in [5.41, 5.74) is 0.548. The van der Waals surface area contributed by atoms with Crippen LogP contribution in [0.15, 0.2) is 30.5 Å². The van der Waals surface area contributed by atoms with Crippen LogP contribution in [0.4, 0.5) is 11.6 Å². The minimum atomic E-state index is 0.548. The van der Waals surface area contributed by atoms with Gasteiger partial charge in [0.25, 0.3) is 0 Å². The fourth-order valence-corrected chi connectivity index (χ4v) is 2.02. The average molecular weight is 248 g/mol. The van der Waals surface area contributed by atoms with Crippen LogP contribution >= 0.6 is 0 Å². The molecule has 4 nitrogen and oxygen atoms in total. The van der Waals surface area contributed by atoms with E-state index in [0.717, 1.165) is 24.0 Å². The Balaban J connectivity index is 1.89. The molecule has 4 heteroatoms. The molecule has 0 amide bonds.